The number of esters is 1. The van der Waals surface area contributed by atoms with E-state index in [2.05, 4.69) is 10.6 Å². The molecule has 0 bridgehead atoms. The second-order valence-electron chi connectivity index (χ2n) is 6.74. The average Bonchev–Trinajstić information content (AvgIpc) is 2.77. The first-order chi connectivity index (χ1) is 15.3. The molecule has 166 valence electrons. The predicted molar refractivity (Wildman–Crippen MR) is 122 cm³/mol. The minimum Gasteiger partial charge on any atom is -0.495 e. The molecule has 8 nitrogen and oxygen atoms in total. The summed E-state index contributed by atoms with van der Waals surface area (Å²) in [4.78, 5) is 36.7. The standard InChI is InChI=1S/C23H21ClN2O6/c1-13(27)25-18-9-15-7-5-4-6-14(15)8-16(18)23(29)32-12-22(28)26-19-11-20(30-2)17(24)10-21(19)31-3/h4-11H,12H2,1-3H3,(H,25,27)(H,26,28). The molecule has 0 aliphatic rings. The molecule has 0 saturated carbocycles. The summed E-state index contributed by atoms with van der Waals surface area (Å²) < 4.78 is 15.5. The molecule has 0 aliphatic heterocycles. The summed E-state index contributed by atoms with van der Waals surface area (Å²) in [5, 5.41) is 7.17. The zero-order chi connectivity index (χ0) is 23.3. The molecule has 0 aliphatic carbocycles. The second kappa shape index (κ2) is 10.0. The molecule has 0 atom stereocenters. The Balaban J connectivity index is 1.76. The summed E-state index contributed by atoms with van der Waals surface area (Å²) in [5.74, 6) is -1.03. The van der Waals surface area contributed by atoms with Crippen molar-refractivity contribution in [2.24, 2.45) is 0 Å². The van der Waals surface area contributed by atoms with Gasteiger partial charge in [-0.2, -0.15) is 0 Å². The van der Waals surface area contributed by atoms with Crippen molar-refractivity contribution < 1.29 is 28.6 Å². The van der Waals surface area contributed by atoms with E-state index in [-0.39, 0.29) is 11.5 Å². The van der Waals surface area contributed by atoms with Crippen molar-refractivity contribution >= 4 is 51.5 Å². The number of ether oxygens (including phenoxy) is 3. The van der Waals surface area contributed by atoms with Crippen LogP contribution in [0.1, 0.15) is 17.3 Å². The molecular weight excluding hydrogens is 436 g/mol. The molecule has 0 heterocycles. The van der Waals surface area contributed by atoms with E-state index in [9.17, 15) is 14.4 Å². The molecule has 0 aromatic heterocycles. The van der Waals surface area contributed by atoms with Crippen LogP contribution in [0.3, 0.4) is 0 Å². The highest BCUT2D eigenvalue weighted by Gasteiger charge is 2.18. The molecule has 0 unspecified atom stereocenters. The lowest BCUT2D eigenvalue weighted by molar-refractivity contribution is -0.119. The minimum atomic E-state index is -0.754. The second-order valence-corrected chi connectivity index (χ2v) is 7.14. The number of benzene rings is 3. The number of carbonyl (C=O) groups is 3. The van der Waals surface area contributed by atoms with Crippen molar-refractivity contribution in [3.63, 3.8) is 0 Å². The molecule has 0 radical (unpaired) electrons. The lowest BCUT2D eigenvalue weighted by Gasteiger charge is -2.14. The first-order valence-electron chi connectivity index (χ1n) is 9.51. The van der Waals surface area contributed by atoms with Gasteiger partial charge in [0, 0.05) is 19.1 Å². The molecular formula is C23H21ClN2O6. The minimum absolute atomic E-state index is 0.137. The van der Waals surface area contributed by atoms with Gasteiger partial charge in [-0.1, -0.05) is 35.9 Å². The Morgan fingerprint density at radius 3 is 2.16 bits per heavy atom. The van der Waals surface area contributed by atoms with Gasteiger partial charge < -0.3 is 24.8 Å². The van der Waals surface area contributed by atoms with Crippen LogP contribution in [-0.2, 0) is 14.3 Å². The van der Waals surface area contributed by atoms with Gasteiger partial charge in [0.05, 0.1) is 36.2 Å². The fourth-order valence-electron chi connectivity index (χ4n) is 3.06. The first-order valence-corrected chi connectivity index (χ1v) is 9.89. The van der Waals surface area contributed by atoms with Crippen LogP contribution in [0.5, 0.6) is 11.5 Å². The van der Waals surface area contributed by atoms with Crippen LogP contribution in [-0.4, -0.2) is 38.6 Å². The fourth-order valence-corrected chi connectivity index (χ4v) is 3.29. The smallest absolute Gasteiger partial charge is 0.340 e. The van der Waals surface area contributed by atoms with Crippen LogP contribution in [0, 0.1) is 0 Å². The van der Waals surface area contributed by atoms with E-state index >= 15 is 0 Å². The van der Waals surface area contributed by atoms with E-state index in [1.807, 2.05) is 24.3 Å². The largest absolute Gasteiger partial charge is 0.495 e. The number of rotatable bonds is 7. The summed E-state index contributed by atoms with van der Waals surface area (Å²) >= 11 is 6.06. The van der Waals surface area contributed by atoms with E-state index in [1.165, 1.54) is 33.3 Å². The first kappa shape index (κ1) is 22.9. The number of nitrogens with one attached hydrogen (secondary N) is 2. The van der Waals surface area contributed by atoms with Crippen molar-refractivity contribution in [2.75, 3.05) is 31.5 Å². The van der Waals surface area contributed by atoms with Gasteiger partial charge in [0.25, 0.3) is 5.91 Å². The third-order valence-corrected chi connectivity index (χ3v) is 4.79. The van der Waals surface area contributed by atoms with Crippen LogP contribution < -0.4 is 20.1 Å². The Morgan fingerprint density at radius 2 is 1.53 bits per heavy atom. The number of anilines is 2. The topological polar surface area (TPSA) is 103 Å². The third-order valence-electron chi connectivity index (χ3n) is 4.50. The van der Waals surface area contributed by atoms with E-state index in [0.717, 1.165) is 10.8 Å². The molecule has 0 spiro atoms. The highest BCUT2D eigenvalue weighted by Crippen LogP contribution is 2.35. The van der Waals surface area contributed by atoms with E-state index in [0.29, 0.717) is 27.9 Å². The highest BCUT2D eigenvalue weighted by atomic mass is 35.5. The Labute approximate surface area is 189 Å². The molecule has 0 saturated heterocycles. The summed E-state index contributed by atoms with van der Waals surface area (Å²) in [5.41, 5.74) is 0.739. The average molecular weight is 457 g/mol. The van der Waals surface area contributed by atoms with Gasteiger partial charge in [0.1, 0.15) is 11.5 Å². The van der Waals surface area contributed by atoms with Crippen LogP contribution in [0.25, 0.3) is 10.8 Å². The fraction of sp³-hybridized carbons (Fsp3) is 0.174. The Hall–Kier alpha value is -3.78. The molecule has 3 aromatic carbocycles. The number of amides is 2. The van der Waals surface area contributed by atoms with E-state index in [4.69, 9.17) is 25.8 Å². The van der Waals surface area contributed by atoms with Crippen LogP contribution in [0.2, 0.25) is 5.02 Å². The molecule has 2 N–H and O–H groups in total. The molecule has 3 rings (SSSR count). The molecule has 3 aromatic rings. The van der Waals surface area contributed by atoms with Gasteiger partial charge in [-0.3, -0.25) is 9.59 Å². The zero-order valence-electron chi connectivity index (χ0n) is 17.7. The number of methoxy groups -OCH3 is 2. The predicted octanol–water partition coefficient (Wildman–Crippen LogP) is 4.26. The maximum atomic E-state index is 12.7. The number of hydrogen-bond donors (Lipinski definition) is 2. The van der Waals surface area contributed by atoms with Crippen LogP contribution in [0.4, 0.5) is 11.4 Å². The number of fused-ring (bicyclic) bond motifs is 1. The maximum Gasteiger partial charge on any atom is 0.340 e. The van der Waals surface area contributed by atoms with Crippen molar-refractivity contribution in [1.82, 2.24) is 0 Å². The molecule has 0 fully saturated rings. The van der Waals surface area contributed by atoms with Gasteiger partial charge in [-0.25, -0.2) is 4.79 Å². The lowest BCUT2D eigenvalue weighted by atomic mass is 10.0. The van der Waals surface area contributed by atoms with E-state index in [1.54, 1.807) is 12.1 Å². The van der Waals surface area contributed by atoms with Crippen molar-refractivity contribution in [3.8, 4) is 11.5 Å². The van der Waals surface area contributed by atoms with Gasteiger partial charge in [0.15, 0.2) is 6.61 Å². The molecule has 32 heavy (non-hydrogen) atoms. The van der Waals surface area contributed by atoms with Crippen molar-refractivity contribution in [2.45, 2.75) is 6.92 Å². The normalized spacial score (nSPS) is 10.4. The summed E-state index contributed by atoms with van der Waals surface area (Å²) in [6, 6.07) is 13.6. The molecule has 2 amide bonds. The monoisotopic (exact) mass is 456 g/mol. The Morgan fingerprint density at radius 1 is 0.875 bits per heavy atom. The van der Waals surface area contributed by atoms with Gasteiger partial charge in [-0.15, -0.1) is 0 Å². The molecule has 9 heteroatoms. The summed E-state index contributed by atoms with van der Waals surface area (Å²) in [6.07, 6.45) is 0. The zero-order valence-corrected chi connectivity index (χ0v) is 18.4. The van der Waals surface area contributed by atoms with Crippen LogP contribution in [0.15, 0.2) is 48.5 Å². The van der Waals surface area contributed by atoms with E-state index < -0.39 is 18.5 Å². The number of carbonyl (C=O) groups excluding carboxylic acids is 3. The number of hydrogen-bond acceptors (Lipinski definition) is 6. The van der Waals surface area contributed by atoms with Crippen LogP contribution >= 0.6 is 11.6 Å². The lowest BCUT2D eigenvalue weighted by Crippen LogP contribution is -2.22. The van der Waals surface area contributed by atoms with Gasteiger partial charge in [-0.05, 0) is 22.9 Å². The third kappa shape index (κ3) is 5.28. The van der Waals surface area contributed by atoms with Gasteiger partial charge >= 0.3 is 5.97 Å². The quantitative estimate of drug-likeness (QED) is 0.515. The highest BCUT2D eigenvalue weighted by molar-refractivity contribution is 6.32. The van der Waals surface area contributed by atoms with Crippen molar-refractivity contribution in [1.29, 1.82) is 0 Å². The maximum absolute atomic E-state index is 12.7. The number of halogens is 1. The Bertz CT molecular complexity index is 1190. The van der Waals surface area contributed by atoms with Gasteiger partial charge in [0.2, 0.25) is 5.91 Å². The summed E-state index contributed by atoms with van der Waals surface area (Å²) in [6.45, 7) is 0.783. The SMILES string of the molecule is COc1cc(NC(=O)COC(=O)c2cc3ccccc3cc2NC(C)=O)c(OC)cc1Cl. The van der Waals surface area contributed by atoms with Crippen molar-refractivity contribution in [3.05, 3.63) is 59.1 Å². The Kier molecular flexibility index (Phi) is 7.17. The summed E-state index contributed by atoms with van der Waals surface area (Å²) in [7, 11) is 2.87.